The van der Waals surface area contributed by atoms with Gasteiger partial charge in [-0.05, 0) is 70.3 Å². The van der Waals surface area contributed by atoms with E-state index in [1.54, 1.807) is 5.57 Å². The molecule has 1 saturated carbocycles. The summed E-state index contributed by atoms with van der Waals surface area (Å²) in [6.07, 6.45) is 17.1. The number of hydrogen-bond donors (Lipinski definition) is 3. The van der Waals surface area contributed by atoms with E-state index in [1.165, 1.54) is 19.3 Å². The predicted octanol–water partition coefficient (Wildman–Crippen LogP) is 4.34. The Labute approximate surface area is 154 Å². The zero-order valence-electron chi connectivity index (χ0n) is 16.3. The SMILES string of the molecule is CCCC[C@](C)(O)CC=C[C@@H]1[C@H]2CC(CCCCCN)=C[C@H]2C[C@H]1O. The van der Waals surface area contributed by atoms with Crippen molar-refractivity contribution in [1.82, 2.24) is 0 Å². The lowest BCUT2D eigenvalue weighted by Crippen LogP contribution is -2.23. The molecule has 25 heavy (non-hydrogen) atoms. The Morgan fingerprint density at radius 3 is 2.80 bits per heavy atom. The lowest BCUT2D eigenvalue weighted by atomic mass is 9.87. The third-order valence-electron chi connectivity index (χ3n) is 6.14. The van der Waals surface area contributed by atoms with Gasteiger partial charge >= 0.3 is 0 Å². The maximum absolute atomic E-state index is 10.4. The second-order valence-electron chi connectivity index (χ2n) is 8.57. The number of aliphatic hydroxyl groups excluding tert-OH is 1. The zero-order valence-corrected chi connectivity index (χ0v) is 16.3. The quantitative estimate of drug-likeness (QED) is 0.384. The van der Waals surface area contributed by atoms with Crippen molar-refractivity contribution in [2.75, 3.05) is 6.54 Å². The Hall–Kier alpha value is -0.640. The number of unbranched alkanes of at least 4 members (excludes halogenated alkanes) is 3. The highest BCUT2D eigenvalue weighted by atomic mass is 16.3. The van der Waals surface area contributed by atoms with Crippen LogP contribution in [-0.2, 0) is 0 Å². The molecule has 144 valence electrons. The van der Waals surface area contributed by atoms with Crippen LogP contribution in [0.15, 0.2) is 23.8 Å². The topological polar surface area (TPSA) is 66.5 Å². The van der Waals surface area contributed by atoms with Gasteiger partial charge in [-0.1, -0.05) is 50.0 Å². The average molecular weight is 350 g/mol. The Kier molecular flexibility index (Phi) is 8.18. The van der Waals surface area contributed by atoms with E-state index in [1.807, 2.05) is 6.92 Å². The molecule has 3 nitrogen and oxygen atoms in total. The van der Waals surface area contributed by atoms with E-state index < -0.39 is 5.60 Å². The largest absolute Gasteiger partial charge is 0.392 e. The normalized spacial score (nSPS) is 31.3. The summed E-state index contributed by atoms with van der Waals surface area (Å²) in [5.74, 6) is 1.37. The zero-order chi connectivity index (χ0) is 18.3. The van der Waals surface area contributed by atoms with E-state index in [0.29, 0.717) is 18.3 Å². The van der Waals surface area contributed by atoms with Crippen molar-refractivity contribution in [1.29, 1.82) is 0 Å². The van der Waals surface area contributed by atoms with Crippen LogP contribution in [0.3, 0.4) is 0 Å². The predicted molar refractivity (Wildman–Crippen MR) is 105 cm³/mol. The second kappa shape index (κ2) is 9.89. The van der Waals surface area contributed by atoms with E-state index in [9.17, 15) is 10.2 Å². The van der Waals surface area contributed by atoms with Crippen LogP contribution in [0.1, 0.15) is 78.1 Å². The summed E-state index contributed by atoms with van der Waals surface area (Å²) in [7, 11) is 0. The molecular weight excluding hydrogens is 310 g/mol. The first kappa shape index (κ1) is 20.7. The smallest absolute Gasteiger partial charge is 0.0654 e. The summed E-state index contributed by atoms with van der Waals surface area (Å²) < 4.78 is 0. The molecule has 1 fully saturated rings. The Morgan fingerprint density at radius 1 is 1.28 bits per heavy atom. The molecule has 0 amide bonds. The van der Waals surface area contributed by atoms with Crippen molar-refractivity contribution in [3.05, 3.63) is 23.8 Å². The van der Waals surface area contributed by atoms with Crippen LogP contribution in [-0.4, -0.2) is 28.5 Å². The van der Waals surface area contributed by atoms with Crippen LogP contribution in [0.4, 0.5) is 0 Å². The van der Waals surface area contributed by atoms with Crippen LogP contribution >= 0.6 is 0 Å². The van der Waals surface area contributed by atoms with E-state index in [-0.39, 0.29) is 12.0 Å². The monoisotopic (exact) mass is 349 g/mol. The van der Waals surface area contributed by atoms with Crippen molar-refractivity contribution in [3.8, 4) is 0 Å². The first-order valence-electron chi connectivity index (χ1n) is 10.4. The molecule has 0 saturated heterocycles. The Balaban J connectivity index is 1.82. The second-order valence-corrected chi connectivity index (χ2v) is 8.57. The van der Waals surface area contributed by atoms with Gasteiger partial charge in [-0.25, -0.2) is 0 Å². The minimum atomic E-state index is -0.614. The van der Waals surface area contributed by atoms with E-state index >= 15 is 0 Å². The van der Waals surface area contributed by atoms with Crippen molar-refractivity contribution < 1.29 is 10.2 Å². The molecule has 0 bridgehead atoms. The summed E-state index contributed by atoms with van der Waals surface area (Å²) in [5, 5.41) is 20.9. The molecule has 0 heterocycles. The molecule has 0 spiro atoms. The number of rotatable bonds is 11. The van der Waals surface area contributed by atoms with E-state index in [0.717, 1.165) is 45.1 Å². The molecule has 0 unspecified atom stereocenters. The van der Waals surface area contributed by atoms with Crippen molar-refractivity contribution in [2.24, 2.45) is 23.5 Å². The van der Waals surface area contributed by atoms with Crippen LogP contribution in [0.5, 0.6) is 0 Å². The third-order valence-corrected chi connectivity index (χ3v) is 6.14. The van der Waals surface area contributed by atoms with Crippen molar-refractivity contribution in [2.45, 2.75) is 89.8 Å². The molecule has 5 atom stereocenters. The Bertz CT molecular complexity index is 455. The van der Waals surface area contributed by atoms with Crippen LogP contribution in [0, 0.1) is 17.8 Å². The van der Waals surface area contributed by atoms with Gasteiger partial charge in [0.1, 0.15) is 0 Å². The van der Waals surface area contributed by atoms with Gasteiger partial charge in [0.05, 0.1) is 11.7 Å². The van der Waals surface area contributed by atoms with Gasteiger partial charge in [0, 0.05) is 5.92 Å². The molecule has 0 aromatic rings. The average Bonchev–Trinajstić information content (AvgIpc) is 3.07. The molecule has 0 aromatic carbocycles. The number of aliphatic hydroxyl groups is 2. The molecule has 0 radical (unpaired) electrons. The highest BCUT2D eigenvalue weighted by Gasteiger charge is 2.43. The van der Waals surface area contributed by atoms with Crippen LogP contribution < -0.4 is 5.73 Å². The molecule has 2 aliphatic rings. The van der Waals surface area contributed by atoms with Gasteiger partial charge in [-0.15, -0.1) is 0 Å². The maximum Gasteiger partial charge on any atom is 0.0654 e. The summed E-state index contributed by atoms with van der Waals surface area (Å²) in [6.45, 7) is 4.88. The molecule has 2 rings (SSSR count). The van der Waals surface area contributed by atoms with Gasteiger partial charge in [-0.2, -0.15) is 0 Å². The van der Waals surface area contributed by atoms with E-state index in [4.69, 9.17) is 5.73 Å². The van der Waals surface area contributed by atoms with Gasteiger partial charge in [0.2, 0.25) is 0 Å². The standard InChI is InChI=1S/C22H39NO2/c1-3-4-11-22(2,25)12-8-10-19-20-15-17(9-6-5-7-13-23)14-18(20)16-21(19)24/h8,10,14,18-21,24-25H,3-7,9,11-13,15-16,23H2,1-2H3/t18-,19+,20-,21+,22-/m0/s1. The van der Waals surface area contributed by atoms with Crippen LogP contribution in [0.25, 0.3) is 0 Å². The fourth-order valence-corrected chi connectivity index (χ4v) is 4.60. The highest BCUT2D eigenvalue weighted by Crippen LogP contribution is 2.48. The number of fused-ring (bicyclic) bond motifs is 1. The lowest BCUT2D eigenvalue weighted by molar-refractivity contribution is 0.0513. The van der Waals surface area contributed by atoms with Gasteiger partial charge < -0.3 is 15.9 Å². The van der Waals surface area contributed by atoms with Crippen molar-refractivity contribution >= 4 is 0 Å². The number of allylic oxidation sites excluding steroid dienone is 2. The summed E-state index contributed by atoms with van der Waals surface area (Å²) in [6, 6.07) is 0. The Morgan fingerprint density at radius 2 is 2.08 bits per heavy atom. The summed E-state index contributed by atoms with van der Waals surface area (Å²) in [5.41, 5.74) is 6.54. The molecule has 3 heteroatoms. The number of nitrogens with two attached hydrogens (primary N) is 1. The molecule has 0 aliphatic heterocycles. The minimum Gasteiger partial charge on any atom is -0.392 e. The maximum atomic E-state index is 10.4. The highest BCUT2D eigenvalue weighted by molar-refractivity contribution is 5.20. The lowest BCUT2D eigenvalue weighted by Gasteiger charge is -2.22. The third kappa shape index (κ3) is 6.23. The first-order valence-corrected chi connectivity index (χ1v) is 10.4. The first-order chi connectivity index (χ1) is 12.0. The van der Waals surface area contributed by atoms with Crippen molar-refractivity contribution in [3.63, 3.8) is 0 Å². The molecule has 2 aliphatic carbocycles. The fraction of sp³-hybridized carbons (Fsp3) is 0.818. The fourth-order valence-electron chi connectivity index (χ4n) is 4.60. The molecular formula is C22H39NO2. The van der Waals surface area contributed by atoms with Gasteiger partial charge in [0.25, 0.3) is 0 Å². The summed E-state index contributed by atoms with van der Waals surface area (Å²) >= 11 is 0. The molecule has 0 aromatic heterocycles. The molecule has 4 N–H and O–H groups in total. The van der Waals surface area contributed by atoms with Gasteiger partial charge in [0.15, 0.2) is 0 Å². The summed E-state index contributed by atoms with van der Waals surface area (Å²) in [4.78, 5) is 0. The minimum absolute atomic E-state index is 0.220. The van der Waals surface area contributed by atoms with E-state index in [2.05, 4.69) is 25.2 Å². The van der Waals surface area contributed by atoms with Crippen LogP contribution in [0.2, 0.25) is 0 Å². The van der Waals surface area contributed by atoms with Gasteiger partial charge in [-0.3, -0.25) is 0 Å². The number of hydrogen-bond acceptors (Lipinski definition) is 3.